The van der Waals surface area contributed by atoms with Gasteiger partial charge in [0.1, 0.15) is 5.76 Å². The molecule has 20 heavy (non-hydrogen) atoms. The van der Waals surface area contributed by atoms with Crippen LogP contribution in [-0.2, 0) is 9.47 Å². The Bertz CT molecular complexity index is 543. The second-order valence-corrected chi connectivity index (χ2v) is 4.68. The summed E-state index contributed by atoms with van der Waals surface area (Å²) in [5, 5.41) is 9.13. The molecule has 1 aliphatic rings. The van der Waals surface area contributed by atoms with Crippen LogP contribution in [0.1, 0.15) is 29.6 Å². The number of nitrogens with zero attached hydrogens (tertiary/aromatic N) is 1. The Kier molecular flexibility index (Phi) is 4.78. The van der Waals surface area contributed by atoms with Crippen LogP contribution in [0.25, 0.3) is 0 Å². The van der Waals surface area contributed by atoms with E-state index in [1.165, 1.54) is 0 Å². The number of allylic oxidation sites excluding steroid dienone is 2. The molecule has 0 N–H and O–H groups in total. The Hall–Kier alpha value is -2.28. The molecule has 4 nitrogen and oxygen atoms in total. The molecule has 2 rings (SSSR count). The zero-order valence-corrected chi connectivity index (χ0v) is 11.5. The van der Waals surface area contributed by atoms with Crippen molar-refractivity contribution < 1.29 is 14.3 Å². The number of methoxy groups -OCH3 is 1. The van der Waals surface area contributed by atoms with Gasteiger partial charge in [-0.05, 0) is 25.0 Å². The molecular weight excluding hydrogens is 254 g/mol. The smallest absolute Gasteiger partial charge is 0.338 e. The average Bonchev–Trinajstić information content (AvgIpc) is 2.90. The first-order valence-electron chi connectivity index (χ1n) is 6.65. The number of rotatable bonds is 5. The largest absolute Gasteiger partial charge is 0.500 e. The van der Waals surface area contributed by atoms with E-state index < -0.39 is 0 Å². The van der Waals surface area contributed by atoms with Gasteiger partial charge in [0.05, 0.1) is 30.9 Å². The number of ether oxygens (including phenoxy) is 2. The third-order valence-electron chi connectivity index (χ3n) is 3.50. The van der Waals surface area contributed by atoms with E-state index in [9.17, 15) is 4.79 Å². The fourth-order valence-electron chi connectivity index (χ4n) is 2.42. The van der Waals surface area contributed by atoms with Gasteiger partial charge in [-0.1, -0.05) is 18.2 Å². The van der Waals surface area contributed by atoms with Crippen molar-refractivity contribution in [3.05, 3.63) is 47.2 Å². The van der Waals surface area contributed by atoms with E-state index in [-0.39, 0.29) is 11.9 Å². The highest BCUT2D eigenvalue weighted by molar-refractivity contribution is 5.89. The predicted molar refractivity (Wildman–Crippen MR) is 73.7 cm³/mol. The fraction of sp³-hybridized carbons (Fsp3) is 0.375. The van der Waals surface area contributed by atoms with Gasteiger partial charge >= 0.3 is 5.97 Å². The van der Waals surface area contributed by atoms with E-state index in [4.69, 9.17) is 14.7 Å². The first kappa shape index (κ1) is 14.1. The van der Waals surface area contributed by atoms with Gasteiger partial charge < -0.3 is 9.47 Å². The lowest BCUT2D eigenvalue weighted by Crippen LogP contribution is -2.10. The van der Waals surface area contributed by atoms with Crippen LogP contribution >= 0.6 is 0 Å². The van der Waals surface area contributed by atoms with E-state index in [1.54, 1.807) is 31.4 Å². The number of hydrogen-bond donors (Lipinski definition) is 0. The molecule has 1 unspecified atom stereocenters. The van der Waals surface area contributed by atoms with Gasteiger partial charge in [-0.25, -0.2) is 4.79 Å². The van der Waals surface area contributed by atoms with Gasteiger partial charge in [0.25, 0.3) is 0 Å². The average molecular weight is 271 g/mol. The van der Waals surface area contributed by atoms with Crippen LogP contribution < -0.4 is 0 Å². The predicted octanol–water partition coefficient (Wildman–Crippen LogP) is 3.07. The van der Waals surface area contributed by atoms with Gasteiger partial charge in [0.15, 0.2) is 0 Å². The summed E-state index contributed by atoms with van der Waals surface area (Å²) >= 11 is 0. The zero-order valence-electron chi connectivity index (χ0n) is 11.5. The van der Waals surface area contributed by atoms with Crippen LogP contribution in [0.2, 0.25) is 0 Å². The molecular formula is C16H17NO3. The number of benzene rings is 1. The van der Waals surface area contributed by atoms with Crippen molar-refractivity contribution in [1.29, 1.82) is 5.26 Å². The zero-order chi connectivity index (χ0) is 14.4. The normalized spacial score (nSPS) is 17.7. The summed E-state index contributed by atoms with van der Waals surface area (Å²) in [4.78, 5) is 11.8. The third-order valence-corrected chi connectivity index (χ3v) is 3.50. The lowest BCUT2D eigenvalue weighted by Gasteiger charge is -2.10. The molecule has 0 saturated heterocycles. The monoisotopic (exact) mass is 271 g/mol. The summed E-state index contributed by atoms with van der Waals surface area (Å²) in [7, 11) is 1.59. The molecule has 0 radical (unpaired) electrons. The topological polar surface area (TPSA) is 59.3 Å². The Morgan fingerprint density at radius 3 is 2.80 bits per heavy atom. The SMILES string of the molecule is COC1=C(C#N)C(CCOC(=O)c2ccccc2)CC1. The maximum Gasteiger partial charge on any atom is 0.338 e. The summed E-state index contributed by atoms with van der Waals surface area (Å²) in [6.45, 7) is 0.320. The van der Waals surface area contributed by atoms with Crippen molar-refractivity contribution in [3.8, 4) is 6.07 Å². The Balaban J connectivity index is 1.84. The maximum absolute atomic E-state index is 11.8. The maximum atomic E-state index is 11.8. The van der Waals surface area contributed by atoms with Gasteiger partial charge in [0, 0.05) is 12.3 Å². The minimum absolute atomic E-state index is 0.138. The third kappa shape index (κ3) is 3.18. The van der Waals surface area contributed by atoms with Crippen LogP contribution in [0.3, 0.4) is 0 Å². The minimum Gasteiger partial charge on any atom is -0.500 e. The number of carbonyl (C=O) groups excluding carboxylic acids is 1. The van der Waals surface area contributed by atoms with Crippen LogP contribution in [0.4, 0.5) is 0 Å². The van der Waals surface area contributed by atoms with Gasteiger partial charge in [0.2, 0.25) is 0 Å². The molecule has 0 spiro atoms. The highest BCUT2D eigenvalue weighted by atomic mass is 16.5. The molecule has 0 aliphatic heterocycles. The van der Waals surface area contributed by atoms with Crippen LogP contribution in [0, 0.1) is 17.2 Å². The molecule has 0 heterocycles. The van der Waals surface area contributed by atoms with Crippen molar-refractivity contribution in [2.75, 3.05) is 13.7 Å². The molecule has 1 atom stereocenters. The fourth-order valence-corrected chi connectivity index (χ4v) is 2.42. The lowest BCUT2D eigenvalue weighted by atomic mass is 9.99. The van der Waals surface area contributed by atoms with Gasteiger partial charge in [-0.3, -0.25) is 0 Å². The second-order valence-electron chi connectivity index (χ2n) is 4.68. The Morgan fingerprint density at radius 1 is 1.40 bits per heavy atom. The molecule has 0 saturated carbocycles. The first-order chi connectivity index (χ1) is 9.76. The van der Waals surface area contributed by atoms with Crippen molar-refractivity contribution in [3.63, 3.8) is 0 Å². The van der Waals surface area contributed by atoms with E-state index in [0.29, 0.717) is 24.2 Å². The molecule has 0 aromatic heterocycles. The second kappa shape index (κ2) is 6.76. The number of esters is 1. The van der Waals surface area contributed by atoms with Gasteiger partial charge in [-0.15, -0.1) is 0 Å². The van der Waals surface area contributed by atoms with Crippen molar-refractivity contribution in [2.45, 2.75) is 19.3 Å². The van der Waals surface area contributed by atoms with Crippen molar-refractivity contribution in [1.82, 2.24) is 0 Å². The molecule has 4 heteroatoms. The minimum atomic E-state index is -0.321. The summed E-state index contributed by atoms with van der Waals surface area (Å²) in [5.74, 6) is 0.587. The van der Waals surface area contributed by atoms with E-state index in [1.807, 2.05) is 6.07 Å². The molecule has 104 valence electrons. The van der Waals surface area contributed by atoms with Crippen molar-refractivity contribution >= 4 is 5.97 Å². The Labute approximate surface area is 118 Å². The van der Waals surface area contributed by atoms with Crippen LogP contribution in [0.15, 0.2) is 41.7 Å². The molecule has 0 amide bonds. The summed E-state index contributed by atoms with van der Waals surface area (Å²) in [6, 6.07) is 11.1. The highest BCUT2D eigenvalue weighted by Gasteiger charge is 2.26. The summed E-state index contributed by atoms with van der Waals surface area (Å²) in [5.41, 5.74) is 1.25. The first-order valence-corrected chi connectivity index (χ1v) is 6.65. The summed E-state index contributed by atoms with van der Waals surface area (Å²) < 4.78 is 10.4. The van der Waals surface area contributed by atoms with E-state index in [2.05, 4.69) is 6.07 Å². The molecule has 1 aliphatic carbocycles. The number of nitriles is 1. The quantitative estimate of drug-likeness (QED) is 0.772. The van der Waals surface area contributed by atoms with Crippen LogP contribution in [0.5, 0.6) is 0 Å². The molecule has 0 fully saturated rings. The lowest BCUT2D eigenvalue weighted by molar-refractivity contribution is 0.0488. The number of hydrogen-bond acceptors (Lipinski definition) is 4. The van der Waals surface area contributed by atoms with Crippen molar-refractivity contribution in [2.24, 2.45) is 5.92 Å². The molecule has 1 aromatic carbocycles. The molecule has 1 aromatic rings. The number of carbonyl (C=O) groups is 1. The highest BCUT2D eigenvalue weighted by Crippen LogP contribution is 2.34. The van der Waals surface area contributed by atoms with E-state index >= 15 is 0 Å². The summed E-state index contributed by atoms with van der Waals surface area (Å²) in [6.07, 6.45) is 2.33. The van der Waals surface area contributed by atoms with Gasteiger partial charge in [-0.2, -0.15) is 5.26 Å². The van der Waals surface area contributed by atoms with E-state index in [0.717, 1.165) is 18.6 Å². The Morgan fingerprint density at radius 2 is 2.15 bits per heavy atom. The molecule has 0 bridgehead atoms. The standard InChI is InChI=1S/C16H17NO3/c1-19-15-8-7-12(14(15)11-17)9-10-20-16(18)13-5-3-2-4-6-13/h2-6,12H,7-10H2,1H3. The van der Waals surface area contributed by atoms with Crippen LogP contribution in [-0.4, -0.2) is 19.7 Å².